The molecular formula is C11H19N3O2. The second kappa shape index (κ2) is 6.11. The maximum Gasteiger partial charge on any atom is 0.244 e. The molecule has 2 unspecified atom stereocenters. The van der Waals surface area contributed by atoms with Crippen molar-refractivity contribution >= 4 is 11.8 Å². The Bertz CT molecular complexity index is 305. The van der Waals surface area contributed by atoms with E-state index in [1.54, 1.807) is 34.9 Å². The zero-order valence-electron chi connectivity index (χ0n) is 10.4. The number of nitrogens with zero attached hydrogens (tertiary/aromatic N) is 2. The predicted molar refractivity (Wildman–Crippen MR) is 60.2 cm³/mol. The van der Waals surface area contributed by atoms with Gasteiger partial charge in [0.05, 0.1) is 6.07 Å². The van der Waals surface area contributed by atoms with E-state index in [9.17, 15) is 9.59 Å². The highest BCUT2D eigenvalue weighted by Crippen LogP contribution is 2.09. The molecule has 0 aliphatic carbocycles. The Balaban J connectivity index is 4.46. The quantitative estimate of drug-likeness (QED) is 0.751. The lowest BCUT2D eigenvalue weighted by Gasteiger charge is -2.20. The van der Waals surface area contributed by atoms with Crippen molar-refractivity contribution in [1.82, 2.24) is 10.2 Å². The summed E-state index contributed by atoms with van der Waals surface area (Å²) in [5.74, 6) is -1.35. The van der Waals surface area contributed by atoms with Crippen LogP contribution in [0.15, 0.2) is 0 Å². The lowest BCUT2D eigenvalue weighted by Crippen LogP contribution is -2.46. The van der Waals surface area contributed by atoms with Gasteiger partial charge in [-0.1, -0.05) is 13.8 Å². The summed E-state index contributed by atoms with van der Waals surface area (Å²) in [5.41, 5.74) is 0. The van der Waals surface area contributed by atoms with Crippen molar-refractivity contribution in [2.45, 2.75) is 26.8 Å². The number of rotatable bonds is 4. The SMILES string of the molecule is CC(NC(=O)C(C#N)C(C)C)C(=O)N(C)C. The van der Waals surface area contributed by atoms with E-state index in [0.717, 1.165) is 0 Å². The largest absolute Gasteiger partial charge is 0.347 e. The highest BCUT2D eigenvalue weighted by molar-refractivity contribution is 5.89. The Kier molecular flexibility index (Phi) is 5.51. The Morgan fingerprint density at radius 1 is 1.25 bits per heavy atom. The molecule has 5 nitrogen and oxygen atoms in total. The summed E-state index contributed by atoms with van der Waals surface area (Å²) in [6.45, 7) is 5.20. The first-order chi connectivity index (χ1) is 7.31. The van der Waals surface area contributed by atoms with Gasteiger partial charge in [0.25, 0.3) is 0 Å². The molecule has 0 bridgehead atoms. The van der Waals surface area contributed by atoms with Crippen LogP contribution in [0.4, 0.5) is 0 Å². The van der Waals surface area contributed by atoms with E-state index in [1.165, 1.54) is 4.90 Å². The van der Waals surface area contributed by atoms with Gasteiger partial charge in [-0.05, 0) is 12.8 Å². The molecule has 0 aliphatic heterocycles. The van der Waals surface area contributed by atoms with Gasteiger partial charge in [-0.15, -0.1) is 0 Å². The van der Waals surface area contributed by atoms with Gasteiger partial charge in [0.1, 0.15) is 12.0 Å². The third-order valence-electron chi connectivity index (χ3n) is 2.26. The van der Waals surface area contributed by atoms with E-state index >= 15 is 0 Å². The van der Waals surface area contributed by atoms with Crippen LogP contribution in [0.5, 0.6) is 0 Å². The van der Waals surface area contributed by atoms with Gasteiger partial charge in [0.2, 0.25) is 11.8 Å². The monoisotopic (exact) mass is 225 g/mol. The van der Waals surface area contributed by atoms with Crippen LogP contribution >= 0.6 is 0 Å². The molecule has 0 heterocycles. The van der Waals surface area contributed by atoms with Crippen LogP contribution in [-0.4, -0.2) is 36.9 Å². The number of hydrogen-bond donors (Lipinski definition) is 1. The highest BCUT2D eigenvalue weighted by atomic mass is 16.2. The minimum absolute atomic E-state index is 0.0633. The summed E-state index contributed by atoms with van der Waals surface area (Å²) in [7, 11) is 3.24. The fourth-order valence-corrected chi connectivity index (χ4v) is 1.26. The predicted octanol–water partition coefficient (Wildman–Crippen LogP) is 0.375. The molecule has 16 heavy (non-hydrogen) atoms. The molecule has 0 aromatic heterocycles. The fraction of sp³-hybridized carbons (Fsp3) is 0.727. The van der Waals surface area contributed by atoms with Crippen LogP contribution < -0.4 is 5.32 Å². The molecule has 2 atom stereocenters. The van der Waals surface area contributed by atoms with Gasteiger partial charge in [-0.3, -0.25) is 9.59 Å². The van der Waals surface area contributed by atoms with E-state index in [1.807, 2.05) is 6.07 Å². The standard InChI is InChI=1S/C11H19N3O2/c1-7(2)9(6-12)10(15)13-8(3)11(16)14(4)5/h7-9H,1-5H3,(H,13,15). The van der Waals surface area contributed by atoms with Gasteiger partial charge in [0, 0.05) is 14.1 Å². The first kappa shape index (κ1) is 14.4. The number of amides is 2. The smallest absolute Gasteiger partial charge is 0.244 e. The lowest BCUT2D eigenvalue weighted by atomic mass is 9.96. The molecule has 0 aromatic rings. The van der Waals surface area contributed by atoms with Gasteiger partial charge in [-0.2, -0.15) is 5.26 Å². The van der Waals surface area contributed by atoms with Crippen molar-refractivity contribution in [3.63, 3.8) is 0 Å². The molecular weight excluding hydrogens is 206 g/mol. The minimum atomic E-state index is -0.711. The summed E-state index contributed by atoms with van der Waals surface area (Å²) >= 11 is 0. The number of likely N-dealkylation sites (N-methyl/N-ethyl adjacent to an activating group) is 1. The van der Waals surface area contributed by atoms with Gasteiger partial charge in [-0.25, -0.2) is 0 Å². The van der Waals surface area contributed by atoms with Crippen molar-refractivity contribution in [2.75, 3.05) is 14.1 Å². The Labute approximate surface area is 96.4 Å². The van der Waals surface area contributed by atoms with E-state index in [2.05, 4.69) is 5.32 Å². The molecule has 0 radical (unpaired) electrons. The van der Waals surface area contributed by atoms with Gasteiger partial charge >= 0.3 is 0 Å². The molecule has 0 spiro atoms. The van der Waals surface area contributed by atoms with E-state index < -0.39 is 12.0 Å². The van der Waals surface area contributed by atoms with Crippen molar-refractivity contribution in [1.29, 1.82) is 5.26 Å². The molecule has 0 saturated carbocycles. The normalized spacial score (nSPS) is 13.8. The molecule has 5 heteroatoms. The molecule has 0 saturated heterocycles. The van der Waals surface area contributed by atoms with Gasteiger partial charge in [0.15, 0.2) is 0 Å². The molecule has 0 fully saturated rings. The van der Waals surface area contributed by atoms with Crippen LogP contribution in [0.3, 0.4) is 0 Å². The van der Waals surface area contributed by atoms with E-state index in [-0.39, 0.29) is 17.7 Å². The number of carbonyl (C=O) groups excluding carboxylic acids is 2. The van der Waals surface area contributed by atoms with Crippen molar-refractivity contribution in [3.8, 4) is 6.07 Å². The second-order valence-electron chi connectivity index (χ2n) is 4.31. The van der Waals surface area contributed by atoms with Gasteiger partial charge < -0.3 is 10.2 Å². The van der Waals surface area contributed by atoms with Crippen LogP contribution in [0.1, 0.15) is 20.8 Å². The average molecular weight is 225 g/mol. The van der Waals surface area contributed by atoms with Crippen molar-refractivity contribution < 1.29 is 9.59 Å². The van der Waals surface area contributed by atoms with E-state index in [4.69, 9.17) is 5.26 Å². The van der Waals surface area contributed by atoms with Crippen LogP contribution in [0.25, 0.3) is 0 Å². The number of nitrogens with one attached hydrogen (secondary N) is 1. The number of carbonyl (C=O) groups is 2. The Hall–Kier alpha value is -1.57. The number of nitriles is 1. The maximum absolute atomic E-state index is 11.6. The molecule has 0 aromatic carbocycles. The fourth-order valence-electron chi connectivity index (χ4n) is 1.26. The summed E-state index contributed by atoms with van der Waals surface area (Å²) in [5, 5.41) is 11.4. The molecule has 2 amide bonds. The third-order valence-corrected chi connectivity index (χ3v) is 2.26. The van der Waals surface area contributed by atoms with Crippen molar-refractivity contribution in [2.24, 2.45) is 11.8 Å². The first-order valence-electron chi connectivity index (χ1n) is 5.22. The zero-order valence-corrected chi connectivity index (χ0v) is 10.4. The average Bonchev–Trinajstić information content (AvgIpc) is 2.16. The summed E-state index contributed by atoms with van der Waals surface area (Å²) < 4.78 is 0. The van der Waals surface area contributed by atoms with Crippen molar-refractivity contribution in [3.05, 3.63) is 0 Å². The van der Waals surface area contributed by atoms with Crippen LogP contribution in [0.2, 0.25) is 0 Å². The molecule has 90 valence electrons. The highest BCUT2D eigenvalue weighted by Gasteiger charge is 2.25. The number of hydrogen-bond acceptors (Lipinski definition) is 3. The molecule has 0 aliphatic rings. The second-order valence-corrected chi connectivity index (χ2v) is 4.31. The third kappa shape index (κ3) is 3.89. The first-order valence-corrected chi connectivity index (χ1v) is 5.22. The van der Waals surface area contributed by atoms with E-state index in [0.29, 0.717) is 0 Å². The summed E-state index contributed by atoms with van der Waals surface area (Å²) in [6, 6.07) is 1.34. The molecule has 0 rings (SSSR count). The van der Waals surface area contributed by atoms with Crippen LogP contribution in [-0.2, 0) is 9.59 Å². The maximum atomic E-state index is 11.6. The molecule has 1 N–H and O–H groups in total. The zero-order chi connectivity index (χ0) is 12.9. The Morgan fingerprint density at radius 2 is 1.75 bits per heavy atom. The summed E-state index contributed by atoms with van der Waals surface area (Å²) in [4.78, 5) is 24.5. The minimum Gasteiger partial charge on any atom is -0.347 e. The van der Waals surface area contributed by atoms with Crippen LogP contribution in [0, 0.1) is 23.2 Å². The Morgan fingerprint density at radius 3 is 2.06 bits per heavy atom. The lowest BCUT2D eigenvalue weighted by molar-refractivity contribution is -0.134. The topological polar surface area (TPSA) is 73.2 Å². The summed E-state index contributed by atoms with van der Waals surface area (Å²) in [6.07, 6.45) is 0.